The SMILES string of the molecule is [C-]#[N+]c1cccc(-c2cccc(-c3ccc4c5c(-c6ccccc6)c6cc7c8ccccc8c8cccc(c6c(-c6ccccc6)c5c5cccc3c45)c87)c2)c1C. The van der Waals surface area contributed by atoms with E-state index >= 15 is 0 Å². The molecule has 0 amide bonds. The highest BCUT2D eigenvalue weighted by molar-refractivity contribution is 6.45. The lowest BCUT2D eigenvalue weighted by Crippen LogP contribution is -1.91. The number of benzene rings is 10. The summed E-state index contributed by atoms with van der Waals surface area (Å²) in [4.78, 5) is 3.79. The topological polar surface area (TPSA) is 4.36 Å². The van der Waals surface area contributed by atoms with Crippen LogP contribution in [0.15, 0.2) is 182 Å². The zero-order valence-electron chi connectivity index (χ0n) is 31.3. The highest BCUT2D eigenvalue weighted by Gasteiger charge is 2.27. The van der Waals surface area contributed by atoms with Crippen LogP contribution in [0.3, 0.4) is 0 Å². The molecule has 0 saturated heterocycles. The summed E-state index contributed by atoms with van der Waals surface area (Å²) in [5, 5.41) is 18.2. The molecule has 0 aromatic heterocycles. The largest absolute Gasteiger partial charge is 0.238 e. The van der Waals surface area contributed by atoms with Crippen LogP contribution in [-0.4, -0.2) is 0 Å². The van der Waals surface area contributed by atoms with Gasteiger partial charge in [-0.1, -0.05) is 170 Å². The van der Waals surface area contributed by atoms with Crippen LogP contribution in [0.2, 0.25) is 0 Å². The van der Waals surface area contributed by atoms with Crippen LogP contribution in [-0.2, 0) is 0 Å². The Morgan fingerprint density at radius 2 is 0.825 bits per heavy atom. The molecule has 0 atom stereocenters. The van der Waals surface area contributed by atoms with Gasteiger partial charge in [0.1, 0.15) is 0 Å². The monoisotopic (exact) mass is 719 g/mol. The first-order valence-electron chi connectivity index (χ1n) is 19.6. The van der Waals surface area contributed by atoms with Crippen molar-refractivity contribution in [1.82, 2.24) is 0 Å². The summed E-state index contributed by atoms with van der Waals surface area (Å²) in [6.07, 6.45) is 0. The molecule has 262 valence electrons. The Bertz CT molecular complexity index is 3630. The van der Waals surface area contributed by atoms with E-state index in [1.807, 2.05) is 12.1 Å². The van der Waals surface area contributed by atoms with Crippen molar-refractivity contribution in [2.24, 2.45) is 0 Å². The zero-order chi connectivity index (χ0) is 37.8. The fourth-order valence-corrected chi connectivity index (χ4v) is 10.2. The number of hydrogen-bond donors (Lipinski definition) is 0. The van der Waals surface area contributed by atoms with Crippen LogP contribution >= 0.6 is 0 Å². The maximum Gasteiger partial charge on any atom is 0.190 e. The summed E-state index contributed by atoms with van der Waals surface area (Å²) in [5.41, 5.74) is 11.3. The van der Waals surface area contributed by atoms with Crippen molar-refractivity contribution in [2.75, 3.05) is 0 Å². The van der Waals surface area contributed by atoms with Gasteiger partial charge >= 0.3 is 0 Å². The number of rotatable bonds is 4. The summed E-state index contributed by atoms with van der Waals surface area (Å²) < 4.78 is 0. The highest BCUT2D eigenvalue weighted by Crippen LogP contribution is 2.55. The van der Waals surface area contributed by atoms with Gasteiger partial charge in [-0.2, -0.15) is 0 Å². The average molecular weight is 720 g/mol. The van der Waals surface area contributed by atoms with E-state index in [9.17, 15) is 0 Å². The highest BCUT2D eigenvalue weighted by atomic mass is 14.6. The van der Waals surface area contributed by atoms with E-state index in [-0.39, 0.29) is 0 Å². The lowest BCUT2D eigenvalue weighted by molar-refractivity contribution is 1.47. The van der Waals surface area contributed by atoms with Gasteiger partial charge in [-0.05, 0) is 145 Å². The van der Waals surface area contributed by atoms with E-state index < -0.39 is 0 Å². The molecule has 0 aliphatic heterocycles. The molecule has 0 saturated carbocycles. The van der Waals surface area contributed by atoms with Crippen LogP contribution < -0.4 is 0 Å². The normalized spacial score (nSPS) is 11.9. The van der Waals surface area contributed by atoms with Crippen molar-refractivity contribution in [2.45, 2.75) is 6.92 Å². The minimum atomic E-state index is 0.697. The minimum absolute atomic E-state index is 0.697. The molecule has 0 heterocycles. The van der Waals surface area contributed by atoms with E-state index in [0.717, 1.165) is 16.7 Å². The molecular formula is C56H33N. The molecule has 57 heavy (non-hydrogen) atoms. The van der Waals surface area contributed by atoms with Gasteiger partial charge in [0, 0.05) is 0 Å². The molecule has 12 aromatic carbocycles. The van der Waals surface area contributed by atoms with Crippen molar-refractivity contribution in [1.29, 1.82) is 0 Å². The Labute approximate surface area is 330 Å². The second-order valence-electron chi connectivity index (χ2n) is 15.4. The number of nitrogens with zero attached hydrogens (tertiary/aromatic N) is 1. The van der Waals surface area contributed by atoms with Crippen LogP contribution in [0, 0.1) is 13.5 Å². The molecule has 0 unspecified atom stereocenters. The third kappa shape index (κ3) is 4.39. The van der Waals surface area contributed by atoms with Gasteiger partial charge in [0.05, 0.1) is 6.57 Å². The predicted molar refractivity (Wildman–Crippen MR) is 244 cm³/mol. The molecular weight excluding hydrogens is 687 g/mol. The summed E-state index contributed by atoms with van der Waals surface area (Å²) in [6, 6.07) is 66.9. The van der Waals surface area contributed by atoms with Gasteiger partial charge in [0.15, 0.2) is 5.69 Å². The van der Waals surface area contributed by atoms with Crippen molar-refractivity contribution in [3.63, 3.8) is 0 Å². The van der Waals surface area contributed by atoms with E-state index in [1.165, 1.54) is 109 Å². The molecule has 12 rings (SSSR count). The third-order valence-electron chi connectivity index (χ3n) is 12.6. The molecule has 0 radical (unpaired) electrons. The van der Waals surface area contributed by atoms with Gasteiger partial charge in [-0.25, -0.2) is 4.85 Å². The van der Waals surface area contributed by atoms with E-state index in [0.29, 0.717) is 5.69 Å². The Morgan fingerprint density at radius 3 is 1.56 bits per heavy atom. The van der Waals surface area contributed by atoms with Crippen molar-refractivity contribution in [3.8, 4) is 44.5 Å². The molecule has 0 fully saturated rings. The second kappa shape index (κ2) is 12.0. The molecule has 12 aromatic rings. The maximum absolute atomic E-state index is 7.72. The fraction of sp³-hybridized carbons (Fsp3) is 0.0179. The number of hydrogen-bond acceptors (Lipinski definition) is 0. The Kier molecular flexibility index (Phi) is 6.68. The van der Waals surface area contributed by atoms with E-state index in [4.69, 9.17) is 6.57 Å². The van der Waals surface area contributed by atoms with Gasteiger partial charge in [-0.3, -0.25) is 0 Å². The third-order valence-corrected chi connectivity index (χ3v) is 12.6. The number of fused-ring (bicyclic) bond motifs is 8. The summed E-state index contributed by atoms with van der Waals surface area (Å²) in [6.45, 7) is 9.77. The van der Waals surface area contributed by atoms with Gasteiger partial charge in [0.2, 0.25) is 0 Å². The van der Waals surface area contributed by atoms with Gasteiger partial charge in [-0.15, -0.1) is 0 Å². The van der Waals surface area contributed by atoms with Crippen molar-refractivity contribution in [3.05, 3.63) is 199 Å². The summed E-state index contributed by atoms with van der Waals surface area (Å²) in [7, 11) is 0. The lowest BCUT2D eigenvalue weighted by Gasteiger charge is -2.19. The summed E-state index contributed by atoms with van der Waals surface area (Å²) >= 11 is 0. The van der Waals surface area contributed by atoms with Crippen LogP contribution in [0.5, 0.6) is 0 Å². The Hall–Kier alpha value is -7.53. The van der Waals surface area contributed by atoms with Crippen LogP contribution in [0.4, 0.5) is 5.69 Å². The Balaban J connectivity index is 1.27. The zero-order valence-corrected chi connectivity index (χ0v) is 31.3. The molecule has 1 nitrogen and oxygen atoms in total. The maximum atomic E-state index is 7.72. The van der Waals surface area contributed by atoms with E-state index in [2.05, 4.69) is 182 Å². The smallest absolute Gasteiger partial charge is 0.190 e. The van der Waals surface area contributed by atoms with Gasteiger partial charge in [0.25, 0.3) is 0 Å². The molecule has 0 bridgehead atoms. The molecule has 0 aliphatic carbocycles. The first-order chi connectivity index (χ1) is 28.2. The van der Waals surface area contributed by atoms with Crippen LogP contribution in [0.25, 0.3) is 125 Å². The fourth-order valence-electron chi connectivity index (χ4n) is 10.2. The van der Waals surface area contributed by atoms with Crippen LogP contribution in [0.1, 0.15) is 5.56 Å². The minimum Gasteiger partial charge on any atom is -0.238 e. The van der Waals surface area contributed by atoms with Crippen molar-refractivity contribution >= 4 is 81.1 Å². The van der Waals surface area contributed by atoms with E-state index in [1.54, 1.807) is 0 Å². The van der Waals surface area contributed by atoms with Crippen molar-refractivity contribution < 1.29 is 0 Å². The predicted octanol–water partition coefficient (Wildman–Crippen LogP) is 16.2. The second-order valence-corrected chi connectivity index (χ2v) is 15.4. The lowest BCUT2D eigenvalue weighted by atomic mass is 9.84. The average Bonchev–Trinajstić information content (AvgIpc) is 3.78. The standard InChI is InChI=1S/C56H33N/c1-33-38(23-14-28-49(33)57-2)36-19-11-20-37(31-36)39-29-30-46-52-42(39)24-12-27-45(52)56-51(35-17-7-4-8-18-35)54-44-26-13-25-43-40-21-9-10-22-41(40)47(53(43)44)32-48(54)50(55(46)56)34-15-5-3-6-16-34/h3-32H,1H3. The quantitative estimate of drug-likeness (QED) is 0.126. The molecule has 0 spiro atoms. The molecule has 0 N–H and O–H groups in total. The first-order valence-corrected chi connectivity index (χ1v) is 19.6. The van der Waals surface area contributed by atoms with Gasteiger partial charge < -0.3 is 0 Å². The Morgan fingerprint density at radius 1 is 0.316 bits per heavy atom. The molecule has 0 aliphatic rings. The first kappa shape index (κ1) is 31.8. The summed E-state index contributed by atoms with van der Waals surface area (Å²) in [5.74, 6) is 0. The molecule has 1 heteroatoms.